The molecule has 0 saturated carbocycles. The Morgan fingerprint density at radius 2 is 0.800 bits per heavy atom. The molecule has 0 spiro atoms. The number of hydrogen-bond acceptors (Lipinski definition) is 4. The SMILES string of the molecule is c1ccc(-c2nc(-c3ccccc3)nc(-c3ccc4c(c3)sc3cc(-c5ccc6c7ccccc7n(-c7ccccc7)c6c5)ccc34)n2)cc1. The molecule has 3 heterocycles. The molecule has 0 atom stereocenters. The minimum Gasteiger partial charge on any atom is -0.309 e. The average Bonchev–Trinajstić information content (AvgIpc) is 3.73. The lowest BCUT2D eigenvalue weighted by atomic mass is 10.0. The van der Waals surface area contributed by atoms with Crippen molar-refractivity contribution in [3.8, 4) is 51.0 Å². The highest BCUT2D eigenvalue weighted by molar-refractivity contribution is 7.25. The summed E-state index contributed by atoms with van der Waals surface area (Å²) in [7, 11) is 0. The quantitative estimate of drug-likeness (QED) is 0.185. The Bertz CT molecular complexity index is 2800. The molecule has 0 unspecified atom stereocenters. The number of aromatic nitrogens is 4. The molecule has 234 valence electrons. The summed E-state index contributed by atoms with van der Waals surface area (Å²) in [5.74, 6) is 2.00. The van der Waals surface area contributed by atoms with Crippen LogP contribution >= 0.6 is 11.3 Å². The fraction of sp³-hybridized carbons (Fsp3) is 0. The van der Waals surface area contributed by atoms with E-state index in [9.17, 15) is 0 Å². The van der Waals surface area contributed by atoms with Gasteiger partial charge in [0.1, 0.15) is 0 Å². The Balaban J connectivity index is 1.08. The average molecular weight is 657 g/mol. The van der Waals surface area contributed by atoms with E-state index in [-0.39, 0.29) is 0 Å². The van der Waals surface area contributed by atoms with Crippen LogP contribution in [0.5, 0.6) is 0 Å². The Morgan fingerprint density at radius 1 is 0.340 bits per heavy atom. The fourth-order valence-electron chi connectivity index (χ4n) is 7.04. The smallest absolute Gasteiger partial charge is 0.164 e. The molecule has 10 rings (SSSR count). The third-order valence-electron chi connectivity index (χ3n) is 9.45. The van der Waals surface area contributed by atoms with Gasteiger partial charge in [-0.2, -0.15) is 0 Å². The molecule has 0 saturated heterocycles. The molecular formula is C45H28N4S. The van der Waals surface area contributed by atoms with E-state index in [2.05, 4.69) is 114 Å². The molecular weight excluding hydrogens is 629 g/mol. The predicted molar refractivity (Wildman–Crippen MR) is 209 cm³/mol. The second-order valence-corrected chi connectivity index (χ2v) is 13.6. The summed E-state index contributed by atoms with van der Waals surface area (Å²) >= 11 is 1.81. The molecule has 0 bridgehead atoms. The van der Waals surface area contributed by atoms with Crippen LogP contribution in [0, 0.1) is 0 Å². The third kappa shape index (κ3) is 4.79. The maximum atomic E-state index is 4.96. The predicted octanol–water partition coefficient (Wildman–Crippen LogP) is 12.0. The zero-order chi connectivity index (χ0) is 33.0. The molecule has 0 aliphatic rings. The zero-order valence-electron chi connectivity index (χ0n) is 26.9. The van der Waals surface area contributed by atoms with Crippen molar-refractivity contribution < 1.29 is 0 Å². The topological polar surface area (TPSA) is 43.6 Å². The van der Waals surface area contributed by atoms with Crippen LogP contribution in [0.2, 0.25) is 0 Å². The van der Waals surface area contributed by atoms with E-state index in [1.165, 1.54) is 53.1 Å². The van der Waals surface area contributed by atoms with E-state index >= 15 is 0 Å². The van der Waals surface area contributed by atoms with E-state index in [1.807, 2.05) is 72.0 Å². The van der Waals surface area contributed by atoms with Gasteiger partial charge in [-0.25, -0.2) is 15.0 Å². The summed E-state index contributed by atoms with van der Waals surface area (Å²) in [5, 5.41) is 5.01. The summed E-state index contributed by atoms with van der Waals surface area (Å²) in [6, 6.07) is 59.8. The number of benzene rings is 7. The summed E-state index contributed by atoms with van der Waals surface area (Å²) < 4.78 is 4.84. The third-order valence-corrected chi connectivity index (χ3v) is 10.6. The van der Waals surface area contributed by atoms with Crippen LogP contribution in [0.1, 0.15) is 0 Å². The standard InChI is InChI=1S/C45H28N4S/c1-4-12-29(13-5-1)43-46-44(30-14-6-2-7-15-30)48-45(47-43)33-22-25-38-37-24-21-32(27-41(37)50-42(38)28-33)31-20-23-36-35-18-10-11-19-39(35)49(40(36)26-31)34-16-8-3-9-17-34/h1-28H. The van der Waals surface area contributed by atoms with Gasteiger partial charge in [0.25, 0.3) is 0 Å². The van der Waals surface area contributed by atoms with Crippen LogP contribution in [0.4, 0.5) is 0 Å². The van der Waals surface area contributed by atoms with Gasteiger partial charge in [-0.05, 0) is 47.5 Å². The van der Waals surface area contributed by atoms with E-state index in [4.69, 9.17) is 15.0 Å². The Kier molecular flexibility index (Phi) is 6.64. The van der Waals surface area contributed by atoms with Crippen molar-refractivity contribution in [3.63, 3.8) is 0 Å². The second kappa shape index (κ2) is 11.6. The van der Waals surface area contributed by atoms with Crippen molar-refractivity contribution in [3.05, 3.63) is 170 Å². The molecule has 0 aliphatic carbocycles. The fourth-order valence-corrected chi connectivity index (χ4v) is 8.22. The highest BCUT2D eigenvalue weighted by atomic mass is 32.1. The first-order valence-electron chi connectivity index (χ1n) is 16.7. The van der Waals surface area contributed by atoms with E-state index < -0.39 is 0 Å². The molecule has 10 aromatic rings. The van der Waals surface area contributed by atoms with Gasteiger partial charge in [0, 0.05) is 53.3 Å². The number of hydrogen-bond donors (Lipinski definition) is 0. The van der Waals surface area contributed by atoms with Gasteiger partial charge >= 0.3 is 0 Å². The lowest BCUT2D eigenvalue weighted by Crippen LogP contribution is -1.99. The van der Waals surface area contributed by atoms with Gasteiger partial charge in [0.05, 0.1) is 11.0 Å². The Morgan fingerprint density at radius 3 is 1.44 bits per heavy atom. The summed E-state index contributed by atoms with van der Waals surface area (Å²) in [5.41, 5.74) is 8.89. The number of rotatable bonds is 5. The largest absolute Gasteiger partial charge is 0.309 e. The van der Waals surface area contributed by atoms with Gasteiger partial charge in [-0.1, -0.05) is 133 Å². The van der Waals surface area contributed by atoms with Gasteiger partial charge in [-0.15, -0.1) is 11.3 Å². The normalized spacial score (nSPS) is 11.6. The Hall–Kier alpha value is -6.43. The highest BCUT2D eigenvalue weighted by Crippen LogP contribution is 2.40. The van der Waals surface area contributed by atoms with Crippen LogP contribution in [0.15, 0.2) is 170 Å². The second-order valence-electron chi connectivity index (χ2n) is 12.5. The molecule has 0 aliphatic heterocycles. The number of fused-ring (bicyclic) bond motifs is 6. The van der Waals surface area contributed by atoms with Crippen LogP contribution in [-0.4, -0.2) is 19.5 Å². The molecule has 5 heteroatoms. The molecule has 4 nitrogen and oxygen atoms in total. The molecule has 50 heavy (non-hydrogen) atoms. The minimum atomic E-state index is 0.666. The van der Waals surface area contributed by atoms with Crippen molar-refractivity contribution in [2.45, 2.75) is 0 Å². The molecule has 0 N–H and O–H groups in total. The van der Waals surface area contributed by atoms with Gasteiger partial charge in [0.15, 0.2) is 17.5 Å². The lowest BCUT2D eigenvalue weighted by Gasteiger charge is -2.09. The van der Waals surface area contributed by atoms with Crippen LogP contribution < -0.4 is 0 Å². The number of para-hydroxylation sites is 2. The first-order chi connectivity index (χ1) is 24.8. The summed E-state index contributed by atoms with van der Waals surface area (Å²) in [4.78, 5) is 14.8. The molecule has 0 fully saturated rings. The lowest BCUT2D eigenvalue weighted by molar-refractivity contribution is 1.07. The van der Waals surface area contributed by atoms with E-state index in [1.54, 1.807) is 0 Å². The number of thiophene rings is 1. The van der Waals surface area contributed by atoms with Crippen molar-refractivity contribution in [1.82, 2.24) is 19.5 Å². The van der Waals surface area contributed by atoms with Crippen molar-refractivity contribution in [1.29, 1.82) is 0 Å². The van der Waals surface area contributed by atoms with Crippen molar-refractivity contribution >= 4 is 53.3 Å². The first kappa shape index (κ1) is 28.6. The maximum Gasteiger partial charge on any atom is 0.164 e. The minimum absolute atomic E-state index is 0.666. The monoisotopic (exact) mass is 656 g/mol. The van der Waals surface area contributed by atoms with Gasteiger partial charge < -0.3 is 4.57 Å². The summed E-state index contributed by atoms with van der Waals surface area (Å²) in [6.07, 6.45) is 0. The summed E-state index contributed by atoms with van der Waals surface area (Å²) in [6.45, 7) is 0. The van der Waals surface area contributed by atoms with Crippen LogP contribution in [0.3, 0.4) is 0 Å². The Labute approximate surface area is 292 Å². The molecule has 0 radical (unpaired) electrons. The van der Waals surface area contributed by atoms with Crippen LogP contribution in [-0.2, 0) is 0 Å². The first-order valence-corrected chi connectivity index (χ1v) is 17.5. The molecule has 3 aromatic heterocycles. The molecule has 7 aromatic carbocycles. The van der Waals surface area contributed by atoms with Gasteiger partial charge in [0.2, 0.25) is 0 Å². The highest BCUT2D eigenvalue weighted by Gasteiger charge is 2.16. The zero-order valence-corrected chi connectivity index (χ0v) is 27.7. The van der Waals surface area contributed by atoms with Crippen molar-refractivity contribution in [2.75, 3.05) is 0 Å². The van der Waals surface area contributed by atoms with Crippen LogP contribution in [0.25, 0.3) is 93.0 Å². The maximum absolute atomic E-state index is 4.96. The van der Waals surface area contributed by atoms with E-state index in [0.717, 1.165) is 22.4 Å². The van der Waals surface area contributed by atoms with E-state index in [0.29, 0.717) is 17.5 Å². The molecule has 0 amide bonds. The van der Waals surface area contributed by atoms with Crippen molar-refractivity contribution in [2.24, 2.45) is 0 Å². The van der Waals surface area contributed by atoms with Gasteiger partial charge in [-0.3, -0.25) is 0 Å². The number of nitrogens with zero attached hydrogens (tertiary/aromatic N) is 4.